The van der Waals surface area contributed by atoms with Crippen molar-refractivity contribution in [2.75, 3.05) is 19.7 Å². The second kappa shape index (κ2) is 6.03. The predicted octanol–water partition coefficient (Wildman–Crippen LogP) is 2.03. The molecule has 0 amide bonds. The number of furan rings is 1. The Hall–Kier alpha value is -0.840. The summed E-state index contributed by atoms with van der Waals surface area (Å²) in [6.07, 6.45) is 0. The molecule has 16 heavy (non-hydrogen) atoms. The van der Waals surface area contributed by atoms with Gasteiger partial charge in [-0.05, 0) is 37.2 Å². The highest BCUT2D eigenvalue weighted by atomic mass is 35.5. The monoisotopic (exact) mass is 245 g/mol. The van der Waals surface area contributed by atoms with Gasteiger partial charge in [-0.15, -0.1) is 0 Å². The zero-order chi connectivity index (χ0) is 12.1. The van der Waals surface area contributed by atoms with Gasteiger partial charge in [0.25, 0.3) is 5.24 Å². The van der Waals surface area contributed by atoms with Crippen LogP contribution < -0.4 is 0 Å². The fraction of sp³-hybridized carbons (Fsp3) is 0.545. The molecule has 1 atom stereocenters. The van der Waals surface area contributed by atoms with Gasteiger partial charge in [-0.25, -0.2) is 0 Å². The van der Waals surface area contributed by atoms with E-state index in [-0.39, 0.29) is 18.4 Å². The summed E-state index contributed by atoms with van der Waals surface area (Å²) in [6, 6.07) is 3.32. The zero-order valence-electron chi connectivity index (χ0n) is 9.44. The number of aliphatic hydroxyl groups is 1. The number of hydrogen-bond acceptors (Lipinski definition) is 4. The highest BCUT2D eigenvalue weighted by Crippen LogP contribution is 2.22. The summed E-state index contributed by atoms with van der Waals surface area (Å²) < 4.78 is 5.33. The molecule has 1 heterocycles. The summed E-state index contributed by atoms with van der Waals surface area (Å²) in [4.78, 5) is 12.9. The van der Waals surface area contributed by atoms with Crippen molar-refractivity contribution in [1.82, 2.24) is 4.90 Å². The van der Waals surface area contributed by atoms with Gasteiger partial charge in [-0.1, -0.05) is 6.92 Å². The average Bonchev–Trinajstić information content (AvgIpc) is 2.74. The molecule has 1 N–H and O–H groups in total. The first-order valence-corrected chi connectivity index (χ1v) is 5.62. The van der Waals surface area contributed by atoms with Crippen LogP contribution in [0.5, 0.6) is 0 Å². The van der Waals surface area contributed by atoms with Crippen LogP contribution >= 0.6 is 11.6 Å². The molecule has 0 aromatic carbocycles. The summed E-state index contributed by atoms with van der Waals surface area (Å²) in [5.74, 6) is 0.836. The molecule has 0 spiro atoms. The molecule has 90 valence electrons. The Bertz CT molecular complexity index is 351. The van der Waals surface area contributed by atoms with E-state index in [1.165, 1.54) is 0 Å². The van der Waals surface area contributed by atoms with Crippen molar-refractivity contribution < 1.29 is 14.3 Å². The summed E-state index contributed by atoms with van der Waals surface area (Å²) in [6.45, 7) is 5.43. The third kappa shape index (κ3) is 3.07. The van der Waals surface area contributed by atoms with Crippen molar-refractivity contribution >= 4 is 16.8 Å². The zero-order valence-corrected chi connectivity index (χ0v) is 10.2. The molecule has 0 saturated carbocycles. The van der Waals surface area contributed by atoms with E-state index in [2.05, 4.69) is 0 Å². The molecule has 1 aromatic heterocycles. The standard InChI is InChI=1S/C11H16ClNO3/c1-3-13(6-7-14)8(2)9-4-5-10(16-9)11(12)15/h4-5,8,14H,3,6-7H2,1-2H3. The molecule has 1 rings (SSSR count). The van der Waals surface area contributed by atoms with Crippen molar-refractivity contribution in [1.29, 1.82) is 0 Å². The van der Waals surface area contributed by atoms with Crippen molar-refractivity contribution in [2.45, 2.75) is 19.9 Å². The Morgan fingerprint density at radius 2 is 2.31 bits per heavy atom. The second-order valence-electron chi connectivity index (χ2n) is 3.50. The van der Waals surface area contributed by atoms with Gasteiger partial charge in [0.05, 0.1) is 12.6 Å². The Kier molecular flexibility index (Phi) is 4.99. The van der Waals surface area contributed by atoms with Crippen LogP contribution in [0.1, 0.15) is 36.2 Å². The fourth-order valence-corrected chi connectivity index (χ4v) is 1.72. The van der Waals surface area contributed by atoms with Crippen LogP contribution in [-0.2, 0) is 0 Å². The van der Waals surface area contributed by atoms with E-state index in [9.17, 15) is 4.79 Å². The molecule has 4 nitrogen and oxygen atoms in total. The van der Waals surface area contributed by atoms with Crippen LogP contribution in [0.3, 0.4) is 0 Å². The quantitative estimate of drug-likeness (QED) is 0.780. The minimum Gasteiger partial charge on any atom is -0.455 e. The van der Waals surface area contributed by atoms with Gasteiger partial charge in [0, 0.05) is 6.54 Å². The lowest BCUT2D eigenvalue weighted by Crippen LogP contribution is -2.29. The lowest BCUT2D eigenvalue weighted by molar-refractivity contribution is 0.104. The summed E-state index contributed by atoms with van der Waals surface area (Å²) >= 11 is 5.31. The third-order valence-electron chi connectivity index (χ3n) is 2.57. The van der Waals surface area contributed by atoms with Crippen molar-refractivity contribution in [3.8, 4) is 0 Å². The molecule has 0 radical (unpaired) electrons. The predicted molar refractivity (Wildman–Crippen MR) is 61.6 cm³/mol. The first-order chi connectivity index (χ1) is 7.60. The van der Waals surface area contributed by atoms with E-state index in [0.717, 1.165) is 6.54 Å². The highest BCUT2D eigenvalue weighted by molar-refractivity contribution is 6.67. The van der Waals surface area contributed by atoms with Crippen LogP contribution in [0.25, 0.3) is 0 Å². The number of likely N-dealkylation sites (N-methyl/N-ethyl adjacent to an activating group) is 1. The van der Waals surface area contributed by atoms with Gasteiger partial charge in [-0.2, -0.15) is 0 Å². The van der Waals surface area contributed by atoms with Crippen molar-refractivity contribution in [3.63, 3.8) is 0 Å². The first-order valence-electron chi connectivity index (χ1n) is 5.24. The molecular weight excluding hydrogens is 230 g/mol. The fourth-order valence-electron chi connectivity index (χ4n) is 1.62. The first kappa shape index (κ1) is 13.2. The van der Waals surface area contributed by atoms with Crippen LogP contribution in [-0.4, -0.2) is 34.9 Å². The molecule has 0 fully saturated rings. The number of hydrogen-bond donors (Lipinski definition) is 1. The molecule has 1 aromatic rings. The van der Waals surface area contributed by atoms with E-state index in [4.69, 9.17) is 21.1 Å². The maximum atomic E-state index is 10.9. The Balaban J connectivity index is 2.77. The van der Waals surface area contributed by atoms with E-state index in [1.54, 1.807) is 12.1 Å². The van der Waals surface area contributed by atoms with Gasteiger partial charge >= 0.3 is 0 Å². The maximum absolute atomic E-state index is 10.9. The maximum Gasteiger partial charge on any atom is 0.287 e. The van der Waals surface area contributed by atoms with Gasteiger partial charge in [0.1, 0.15) is 5.76 Å². The molecular formula is C11H16ClNO3. The van der Waals surface area contributed by atoms with Gasteiger partial charge in [0.2, 0.25) is 0 Å². The summed E-state index contributed by atoms with van der Waals surface area (Å²) in [5.41, 5.74) is 0. The number of aliphatic hydroxyl groups excluding tert-OH is 1. The largest absolute Gasteiger partial charge is 0.455 e. The third-order valence-corrected chi connectivity index (χ3v) is 2.76. The molecule has 0 aliphatic heterocycles. The molecule has 0 aliphatic carbocycles. The van der Waals surface area contributed by atoms with Crippen molar-refractivity contribution in [3.05, 3.63) is 23.7 Å². The van der Waals surface area contributed by atoms with Gasteiger partial charge < -0.3 is 9.52 Å². The topological polar surface area (TPSA) is 53.7 Å². The number of nitrogens with zero attached hydrogens (tertiary/aromatic N) is 1. The SMILES string of the molecule is CCN(CCO)C(C)c1ccc(C(=O)Cl)o1. The van der Waals surface area contributed by atoms with E-state index < -0.39 is 5.24 Å². The van der Waals surface area contributed by atoms with Crippen LogP contribution in [0.4, 0.5) is 0 Å². The minimum atomic E-state index is -0.594. The molecule has 0 saturated heterocycles. The normalized spacial score (nSPS) is 13.1. The molecule has 5 heteroatoms. The Labute approximate surface area is 99.8 Å². The summed E-state index contributed by atoms with van der Waals surface area (Å²) in [5, 5.41) is 8.32. The second-order valence-corrected chi connectivity index (χ2v) is 3.85. The number of carbonyl (C=O) groups excluding carboxylic acids is 1. The van der Waals surface area contributed by atoms with E-state index in [0.29, 0.717) is 12.3 Å². The molecule has 0 aliphatic rings. The average molecular weight is 246 g/mol. The lowest BCUT2D eigenvalue weighted by Gasteiger charge is -2.25. The molecule has 1 unspecified atom stereocenters. The van der Waals surface area contributed by atoms with E-state index in [1.807, 2.05) is 18.7 Å². The van der Waals surface area contributed by atoms with Crippen LogP contribution in [0.15, 0.2) is 16.5 Å². The number of carbonyl (C=O) groups is 1. The minimum absolute atomic E-state index is 0.0157. The molecule has 0 bridgehead atoms. The Morgan fingerprint density at radius 1 is 1.62 bits per heavy atom. The van der Waals surface area contributed by atoms with Gasteiger partial charge in [0.15, 0.2) is 5.76 Å². The summed E-state index contributed by atoms with van der Waals surface area (Å²) in [7, 11) is 0. The van der Waals surface area contributed by atoms with Gasteiger partial charge in [-0.3, -0.25) is 9.69 Å². The number of rotatable bonds is 6. The number of halogens is 1. The smallest absolute Gasteiger partial charge is 0.287 e. The van der Waals surface area contributed by atoms with E-state index >= 15 is 0 Å². The highest BCUT2D eigenvalue weighted by Gasteiger charge is 2.18. The van der Waals surface area contributed by atoms with Crippen LogP contribution in [0.2, 0.25) is 0 Å². The lowest BCUT2D eigenvalue weighted by atomic mass is 10.2. The van der Waals surface area contributed by atoms with Crippen molar-refractivity contribution in [2.24, 2.45) is 0 Å². The van der Waals surface area contributed by atoms with Crippen LogP contribution in [0, 0.1) is 0 Å². The Morgan fingerprint density at radius 3 is 2.75 bits per heavy atom.